The SMILES string of the molecule is COc1cc(CCNC(=O)COC(=O)c2cccn2C)ccc1OC(F)F. The highest BCUT2D eigenvalue weighted by molar-refractivity contribution is 5.89. The minimum atomic E-state index is -2.94. The molecule has 0 bridgehead atoms. The number of esters is 1. The summed E-state index contributed by atoms with van der Waals surface area (Å²) in [6.45, 7) is -3.06. The number of carbonyl (C=O) groups excluding carboxylic acids is 2. The van der Waals surface area contributed by atoms with Crippen molar-refractivity contribution in [3.63, 3.8) is 0 Å². The van der Waals surface area contributed by atoms with Gasteiger partial charge < -0.3 is 24.1 Å². The third-order valence-corrected chi connectivity index (χ3v) is 3.67. The van der Waals surface area contributed by atoms with Gasteiger partial charge in [-0.15, -0.1) is 0 Å². The van der Waals surface area contributed by atoms with Crippen LogP contribution in [-0.2, 0) is 23.0 Å². The van der Waals surface area contributed by atoms with E-state index in [-0.39, 0.29) is 18.0 Å². The van der Waals surface area contributed by atoms with Gasteiger partial charge in [0.05, 0.1) is 7.11 Å². The van der Waals surface area contributed by atoms with Crippen molar-refractivity contribution in [1.82, 2.24) is 9.88 Å². The molecule has 1 amide bonds. The van der Waals surface area contributed by atoms with Crippen LogP contribution in [0.3, 0.4) is 0 Å². The van der Waals surface area contributed by atoms with E-state index in [9.17, 15) is 18.4 Å². The first-order valence-electron chi connectivity index (χ1n) is 8.07. The van der Waals surface area contributed by atoms with Gasteiger partial charge in [0.2, 0.25) is 0 Å². The summed E-state index contributed by atoms with van der Waals surface area (Å²) < 4.78 is 40.5. The van der Waals surface area contributed by atoms with Crippen molar-refractivity contribution in [1.29, 1.82) is 0 Å². The van der Waals surface area contributed by atoms with Gasteiger partial charge in [-0.1, -0.05) is 6.07 Å². The van der Waals surface area contributed by atoms with Crippen LogP contribution in [-0.4, -0.2) is 43.3 Å². The van der Waals surface area contributed by atoms with E-state index < -0.39 is 25.1 Å². The number of alkyl halides is 2. The molecule has 7 nitrogen and oxygen atoms in total. The summed E-state index contributed by atoms with van der Waals surface area (Å²) in [6, 6.07) is 7.82. The number of ether oxygens (including phenoxy) is 3. The number of amides is 1. The molecule has 0 saturated carbocycles. The van der Waals surface area contributed by atoms with Crippen LogP contribution >= 0.6 is 0 Å². The van der Waals surface area contributed by atoms with Gasteiger partial charge in [-0.3, -0.25) is 4.79 Å². The minimum absolute atomic E-state index is 0.0622. The van der Waals surface area contributed by atoms with E-state index in [1.807, 2.05) is 0 Å². The lowest BCUT2D eigenvalue weighted by molar-refractivity contribution is -0.124. The Morgan fingerprint density at radius 2 is 2.00 bits per heavy atom. The number of halogens is 2. The fourth-order valence-electron chi connectivity index (χ4n) is 2.34. The molecular formula is C18H20F2N2O5. The highest BCUT2D eigenvalue weighted by Gasteiger charge is 2.13. The van der Waals surface area contributed by atoms with Crippen LogP contribution in [0.5, 0.6) is 11.5 Å². The molecule has 1 aromatic heterocycles. The molecule has 0 spiro atoms. The van der Waals surface area contributed by atoms with Crippen molar-refractivity contribution < 1.29 is 32.6 Å². The zero-order valence-electron chi connectivity index (χ0n) is 14.9. The fourth-order valence-corrected chi connectivity index (χ4v) is 2.34. The van der Waals surface area contributed by atoms with Gasteiger partial charge in [-0.2, -0.15) is 8.78 Å². The minimum Gasteiger partial charge on any atom is -0.493 e. The van der Waals surface area contributed by atoms with Crippen molar-refractivity contribution in [2.45, 2.75) is 13.0 Å². The summed E-state index contributed by atoms with van der Waals surface area (Å²) in [7, 11) is 3.04. The number of carbonyl (C=O) groups is 2. The van der Waals surface area contributed by atoms with Gasteiger partial charge in [0.1, 0.15) is 5.69 Å². The van der Waals surface area contributed by atoms with Crippen LogP contribution in [0.1, 0.15) is 16.1 Å². The van der Waals surface area contributed by atoms with Gasteiger partial charge in [0, 0.05) is 19.8 Å². The first kappa shape index (κ1) is 20.2. The molecular weight excluding hydrogens is 362 g/mol. The molecule has 9 heteroatoms. The van der Waals surface area contributed by atoms with E-state index in [1.54, 1.807) is 42.1 Å². The summed E-state index contributed by atoms with van der Waals surface area (Å²) in [4.78, 5) is 23.6. The Bertz CT molecular complexity index is 792. The summed E-state index contributed by atoms with van der Waals surface area (Å²) in [5.41, 5.74) is 1.11. The van der Waals surface area contributed by atoms with Crippen molar-refractivity contribution in [2.75, 3.05) is 20.3 Å². The molecule has 0 aliphatic carbocycles. The highest BCUT2D eigenvalue weighted by Crippen LogP contribution is 2.29. The first-order valence-corrected chi connectivity index (χ1v) is 8.07. The molecule has 0 fully saturated rings. The van der Waals surface area contributed by atoms with E-state index in [4.69, 9.17) is 9.47 Å². The second kappa shape index (κ2) is 9.56. The summed E-state index contributed by atoms with van der Waals surface area (Å²) in [5.74, 6) is -0.914. The van der Waals surface area contributed by atoms with E-state index >= 15 is 0 Å². The molecule has 1 aromatic carbocycles. The second-order valence-electron chi connectivity index (χ2n) is 5.54. The summed E-state index contributed by atoms with van der Waals surface area (Å²) >= 11 is 0. The number of benzene rings is 1. The number of aryl methyl sites for hydroxylation is 1. The quantitative estimate of drug-likeness (QED) is 0.673. The summed E-state index contributed by atoms with van der Waals surface area (Å²) in [6.07, 6.45) is 2.13. The number of hydrogen-bond acceptors (Lipinski definition) is 5. The highest BCUT2D eigenvalue weighted by atomic mass is 19.3. The second-order valence-corrected chi connectivity index (χ2v) is 5.54. The average Bonchev–Trinajstić information content (AvgIpc) is 3.06. The Morgan fingerprint density at radius 3 is 2.63 bits per heavy atom. The number of aromatic nitrogens is 1. The Balaban J connectivity index is 1.77. The molecule has 1 heterocycles. The van der Waals surface area contributed by atoms with E-state index in [0.717, 1.165) is 5.56 Å². The maximum atomic E-state index is 12.3. The molecule has 0 aliphatic heterocycles. The number of rotatable bonds is 9. The molecule has 1 N–H and O–H groups in total. The molecule has 0 aliphatic rings. The molecule has 0 saturated heterocycles. The van der Waals surface area contributed by atoms with E-state index in [1.165, 1.54) is 13.2 Å². The number of nitrogens with zero attached hydrogens (tertiary/aromatic N) is 1. The first-order chi connectivity index (χ1) is 12.9. The number of nitrogens with one attached hydrogen (secondary N) is 1. The zero-order chi connectivity index (χ0) is 19.8. The van der Waals surface area contributed by atoms with Crippen molar-refractivity contribution in [3.05, 3.63) is 47.8 Å². The number of hydrogen-bond donors (Lipinski definition) is 1. The molecule has 27 heavy (non-hydrogen) atoms. The predicted molar refractivity (Wildman–Crippen MR) is 92.0 cm³/mol. The molecule has 146 valence electrons. The average molecular weight is 382 g/mol. The lowest BCUT2D eigenvalue weighted by Gasteiger charge is -2.12. The van der Waals surface area contributed by atoms with Crippen LogP contribution < -0.4 is 14.8 Å². The smallest absolute Gasteiger partial charge is 0.387 e. The van der Waals surface area contributed by atoms with Crippen LogP contribution in [0.25, 0.3) is 0 Å². The van der Waals surface area contributed by atoms with Gasteiger partial charge in [0.25, 0.3) is 5.91 Å². The largest absolute Gasteiger partial charge is 0.493 e. The van der Waals surface area contributed by atoms with E-state index in [0.29, 0.717) is 12.1 Å². The van der Waals surface area contributed by atoms with Crippen LogP contribution in [0, 0.1) is 0 Å². The lowest BCUT2D eigenvalue weighted by Crippen LogP contribution is -2.30. The molecule has 2 rings (SSSR count). The fraction of sp³-hybridized carbons (Fsp3) is 0.333. The Hall–Kier alpha value is -3.10. The number of methoxy groups -OCH3 is 1. The summed E-state index contributed by atoms with van der Waals surface area (Å²) in [5, 5.41) is 2.62. The Morgan fingerprint density at radius 1 is 1.22 bits per heavy atom. The van der Waals surface area contributed by atoms with Crippen LogP contribution in [0.2, 0.25) is 0 Å². The van der Waals surface area contributed by atoms with Crippen molar-refractivity contribution >= 4 is 11.9 Å². The van der Waals surface area contributed by atoms with Crippen LogP contribution in [0.15, 0.2) is 36.5 Å². The van der Waals surface area contributed by atoms with E-state index in [2.05, 4.69) is 10.1 Å². The zero-order valence-corrected chi connectivity index (χ0v) is 14.9. The topological polar surface area (TPSA) is 78.8 Å². The molecule has 0 radical (unpaired) electrons. The molecule has 2 aromatic rings. The third-order valence-electron chi connectivity index (χ3n) is 3.67. The van der Waals surface area contributed by atoms with Crippen LogP contribution in [0.4, 0.5) is 8.78 Å². The van der Waals surface area contributed by atoms with Crippen molar-refractivity contribution in [2.24, 2.45) is 7.05 Å². The normalized spacial score (nSPS) is 10.6. The van der Waals surface area contributed by atoms with Crippen molar-refractivity contribution in [3.8, 4) is 11.5 Å². The predicted octanol–water partition coefficient (Wildman–Crippen LogP) is 2.15. The Kier molecular flexibility index (Phi) is 7.16. The van der Waals surface area contributed by atoms with Gasteiger partial charge >= 0.3 is 12.6 Å². The monoisotopic (exact) mass is 382 g/mol. The molecule has 0 atom stereocenters. The standard InChI is InChI=1S/C18H20F2N2O5/c1-22-9-3-4-13(22)17(24)26-11-16(23)21-8-7-12-5-6-14(27-18(19)20)15(10-12)25-2/h3-6,9-10,18H,7-8,11H2,1-2H3,(H,21,23). The third kappa shape index (κ3) is 5.98. The Labute approximate surface area is 154 Å². The maximum absolute atomic E-state index is 12.3. The maximum Gasteiger partial charge on any atom is 0.387 e. The lowest BCUT2D eigenvalue weighted by atomic mass is 10.1. The van der Waals surface area contributed by atoms with Gasteiger partial charge in [-0.05, 0) is 36.2 Å². The van der Waals surface area contributed by atoms with Gasteiger partial charge in [-0.25, -0.2) is 4.79 Å². The van der Waals surface area contributed by atoms with Gasteiger partial charge in [0.15, 0.2) is 18.1 Å². The molecule has 0 unspecified atom stereocenters.